The first kappa shape index (κ1) is 21.1. The van der Waals surface area contributed by atoms with Crippen LogP contribution in [-0.4, -0.2) is 8.42 Å². The summed E-state index contributed by atoms with van der Waals surface area (Å²) in [6.07, 6.45) is 0. The molecule has 4 aromatic rings. The van der Waals surface area contributed by atoms with E-state index >= 15 is 0 Å². The van der Waals surface area contributed by atoms with Gasteiger partial charge in [-0.2, -0.15) is 0 Å². The van der Waals surface area contributed by atoms with Gasteiger partial charge in [0.25, 0.3) is 10.0 Å². The Bertz CT molecular complexity index is 1360. The Morgan fingerprint density at radius 3 is 2.06 bits per heavy atom. The van der Waals surface area contributed by atoms with Crippen molar-refractivity contribution >= 4 is 15.7 Å². The van der Waals surface area contributed by atoms with Gasteiger partial charge in [0, 0.05) is 0 Å². The first-order valence-corrected chi connectivity index (χ1v) is 12.1. The second-order valence-electron chi connectivity index (χ2n) is 7.81. The lowest BCUT2D eigenvalue weighted by atomic mass is 10.1. The number of hydrogen-bond donors (Lipinski definition) is 0. The van der Waals surface area contributed by atoms with Crippen LogP contribution in [0.3, 0.4) is 0 Å². The minimum Gasteiger partial charge on any atom is -0.485 e. The van der Waals surface area contributed by atoms with Crippen LogP contribution in [0.1, 0.15) is 16.7 Å². The van der Waals surface area contributed by atoms with Gasteiger partial charge in [0.05, 0.1) is 17.1 Å². The lowest BCUT2D eigenvalue weighted by Crippen LogP contribution is -2.31. The van der Waals surface area contributed by atoms with Crippen molar-refractivity contribution in [3.8, 4) is 11.5 Å². The molecule has 1 aliphatic heterocycles. The van der Waals surface area contributed by atoms with Crippen molar-refractivity contribution in [2.24, 2.45) is 0 Å². The van der Waals surface area contributed by atoms with Gasteiger partial charge in [-0.25, -0.2) is 8.42 Å². The average molecular weight is 458 g/mol. The maximum atomic E-state index is 13.8. The molecule has 0 fully saturated rings. The van der Waals surface area contributed by atoms with E-state index in [9.17, 15) is 8.42 Å². The zero-order valence-electron chi connectivity index (χ0n) is 17.9. The summed E-state index contributed by atoms with van der Waals surface area (Å²) in [5.74, 6) is 0.923. The number of benzene rings is 4. The molecule has 0 N–H and O–H groups in total. The van der Waals surface area contributed by atoms with Crippen LogP contribution in [0.2, 0.25) is 0 Å². The molecule has 0 atom stereocenters. The first-order chi connectivity index (χ1) is 16.1. The number of ether oxygens (including phenoxy) is 2. The van der Waals surface area contributed by atoms with Crippen LogP contribution in [-0.2, 0) is 29.8 Å². The maximum Gasteiger partial charge on any atom is 0.264 e. The second-order valence-corrected chi connectivity index (χ2v) is 9.67. The molecule has 0 spiro atoms. The van der Waals surface area contributed by atoms with E-state index in [1.165, 1.54) is 4.31 Å². The van der Waals surface area contributed by atoms with E-state index in [0.717, 1.165) is 16.7 Å². The fraction of sp³-hybridized carbons (Fsp3) is 0.111. The van der Waals surface area contributed by atoms with Gasteiger partial charge < -0.3 is 9.47 Å². The molecule has 1 heterocycles. The number of hydrogen-bond acceptors (Lipinski definition) is 4. The fourth-order valence-corrected chi connectivity index (χ4v) is 5.33. The molecule has 0 unspecified atom stereocenters. The van der Waals surface area contributed by atoms with Gasteiger partial charge in [0.1, 0.15) is 13.2 Å². The summed E-state index contributed by atoms with van der Waals surface area (Å²) in [4.78, 5) is 0.217. The molecular weight excluding hydrogens is 434 g/mol. The van der Waals surface area contributed by atoms with Gasteiger partial charge in [0.2, 0.25) is 0 Å². The van der Waals surface area contributed by atoms with E-state index in [1.807, 2.05) is 60.7 Å². The molecule has 0 amide bonds. The zero-order chi connectivity index (χ0) is 22.7. The maximum absolute atomic E-state index is 13.8. The standard InChI is InChI=1S/C27H23NO4S/c29-33(30,24-13-5-2-6-14-24)28(18-21-9-3-1-4-10-21)25-15-8-16-26-27(25)32-20-23-12-7-11-22(17-23)19-31-26/h1-17H,18-20H2. The molecule has 4 aromatic carbocycles. The Morgan fingerprint density at radius 1 is 0.697 bits per heavy atom. The summed E-state index contributed by atoms with van der Waals surface area (Å²) in [6, 6.07) is 31.3. The summed E-state index contributed by atoms with van der Waals surface area (Å²) in [7, 11) is -3.88. The van der Waals surface area contributed by atoms with Crippen molar-refractivity contribution in [1.82, 2.24) is 0 Å². The van der Waals surface area contributed by atoms with Crippen molar-refractivity contribution in [2.75, 3.05) is 4.31 Å². The summed E-state index contributed by atoms with van der Waals surface area (Å²) in [5.41, 5.74) is 3.34. The van der Waals surface area contributed by atoms with Crippen LogP contribution in [0.5, 0.6) is 11.5 Å². The number of para-hydroxylation sites is 1. The number of nitrogens with zero attached hydrogens (tertiary/aromatic N) is 1. The van der Waals surface area contributed by atoms with Gasteiger partial charge in [0.15, 0.2) is 11.5 Å². The molecule has 0 radical (unpaired) electrons. The highest BCUT2D eigenvalue weighted by atomic mass is 32.2. The molecule has 0 saturated carbocycles. The number of sulfonamides is 1. The smallest absolute Gasteiger partial charge is 0.264 e. The average Bonchev–Trinajstić information content (AvgIpc) is 2.91. The van der Waals surface area contributed by atoms with E-state index in [-0.39, 0.29) is 11.4 Å². The predicted octanol–water partition coefficient (Wildman–Crippen LogP) is 5.55. The molecule has 2 bridgehead atoms. The lowest BCUT2D eigenvalue weighted by Gasteiger charge is -2.27. The van der Waals surface area contributed by atoms with Crippen LogP contribution in [0.25, 0.3) is 0 Å². The predicted molar refractivity (Wildman–Crippen MR) is 128 cm³/mol. The summed E-state index contributed by atoms with van der Waals surface area (Å²) in [6.45, 7) is 0.842. The summed E-state index contributed by atoms with van der Waals surface area (Å²) < 4.78 is 41.3. The van der Waals surface area contributed by atoms with Gasteiger partial charge in [-0.15, -0.1) is 0 Å². The van der Waals surface area contributed by atoms with Crippen LogP contribution in [0.4, 0.5) is 5.69 Å². The van der Waals surface area contributed by atoms with E-state index in [0.29, 0.717) is 30.4 Å². The SMILES string of the molecule is O=S(=O)(c1ccccc1)N(Cc1ccccc1)c1cccc2c1OCc1cccc(c1)CO2. The van der Waals surface area contributed by atoms with Crippen molar-refractivity contribution in [3.05, 3.63) is 120 Å². The number of anilines is 1. The molecule has 33 heavy (non-hydrogen) atoms. The van der Waals surface area contributed by atoms with Crippen LogP contribution in [0, 0.1) is 0 Å². The molecule has 0 aliphatic carbocycles. The highest BCUT2D eigenvalue weighted by Crippen LogP contribution is 2.42. The van der Waals surface area contributed by atoms with Gasteiger partial charge in [-0.1, -0.05) is 72.8 Å². The largest absolute Gasteiger partial charge is 0.485 e. The van der Waals surface area contributed by atoms with Crippen LogP contribution < -0.4 is 13.8 Å². The molecular formula is C27H23NO4S. The monoisotopic (exact) mass is 457 g/mol. The Morgan fingerprint density at radius 2 is 1.33 bits per heavy atom. The van der Waals surface area contributed by atoms with Crippen LogP contribution in [0.15, 0.2) is 108 Å². The Kier molecular flexibility index (Phi) is 5.75. The van der Waals surface area contributed by atoms with E-state index in [4.69, 9.17) is 9.47 Å². The third kappa shape index (κ3) is 4.43. The lowest BCUT2D eigenvalue weighted by molar-refractivity contribution is 0.262. The topological polar surface area (TPSA) is 55.8 Å². The zero-order valence-corrected chi connectivity index (χ0v) is 18.7. The molecule has 1 aliphatic rings. The Balaban J connectivity index is 1.63. The number of rotatable bonds is 5. The number of fused-ring (bicyclic) bond motifs is 3. The first-order valence-electron chi connectivity index (χ1n) is 10.7. The molecule has 0 saturated heterocycles. The quantitative estimate of drug-likeness (QED) is 0.394. The van der Waals surface area contributed by atoms with Crippen molar-refractivity contribution in [2.45, 2.75) is 24.7 Å². The Labute approximate surface area is 193 Å². The van der Waals surface area contributed by atoms with Gasteiger partial charge >= 0.3 is 0 Å². The van der Waals surface area contributed by atoms with Crippen LogP contribution >= 0.6 is 0 Å². The van der Waals surface area contributed by atoms with E-state index in [2.05, 4.69) is 0 Å². The van der Waals surface area contributed by atoms with Crippen molar-refractivity contribution in [3.63, 3.8) is 0 Å². The minimum absolute atomic E-state index is 0.158. The third-order valence-electron chi connectivity index (χ3n) is 5.50. The Hall–Kier alpha value is -3.77. The normalized spacial score (nSPS) is 12.8. The van der Waals surface area contributed by atoms with E-state index in [1.54, 1.807) is 42.5 Å². The third-order valence-corrected chi connectivity index (χ3v) is 7.27. The second kappa shape index (κ2) is 9.00. The fourth-order valence-electron chi connectivity index (χ4n) is 3.85. The van der Waals surface area contributed by atoms with Gasteiger partial charge in [-0.3, -0.25) is 4.31 Å². The molecule has 166 valence electrons. The minimum atomic E-state index is -3.88. The molecule has 5 nitrogen and oxygen atoms in total. The van der Waals surface area contributed by atoms with Crippen molar-refractivity contribution in [1.29, 1.82) is 0 Å². The highest BCUT2D eigenvalue weighted by Gasteiger charge is 2.29. The molecule has 0 aromatic heterocycles. The molecule has 5 rings (SSSR count). The van der Waals surface area contributed by atoms with Crippen molar-refractivity contribution < 1.29 is 17.9 Å². The summed E-state index contributed by atoms with van der Waals surface area (Å²) in [5, 5.41) is 0. The molecule has 6 heteroatoms. The summed E-state index contributed by atoms with van der Waals surface area (Å²) >= 11 is 0. The van der Waals surface area contributed by atoms with Gasteiger partial charge in [-0.05, 0) is 47.0 Å². The van der Waals surface area contributed by atoms with E-state index < -0.39 is 10.0 Å². The highest BCUT2D eigenvalue weighted by molar-refractivity contribution is 7.92.